The fourth-order valence-corrected chi connectivity index (χ4v) is 2.58. The number of hydrogen-bond acceptors (Lipinski definition) is 2. The minimum atomic E-state index is 0.710. The predicted molar refractivity (Wildman–Crippen MR) is 72.8 cm³/mol. The van der Waals surface area contributed by atoms with Gasteiger partial charge in [0.05, 0.1) is 0 Å². The highest BCUT2D eigenvalue weighted by Gasteiger charge is 1.98. The Hall–Kier alpha value is -1.25. The number of halogens is 1. The van der Waals surface area contributed by atoms with Gasteiger partial charge in [0.1, 0.15) is 6.29 Å². The minimum absolute atomic E-state index is 0.710. The van der Waals surface area contributed by atoms with Gasteiger partial charge in [-0.3, -0.25) is 4.79 Å². The first-order valence-corrected chi connectivity index (χ1v) is 6.57. The van der Waals surface area contributed by atoms with Crippen LogP contribution in [0, 0.1) is 0 Å². The lowest BCUT2D eigenvalue weighted by Gasteiger charge is -2.02. The van der Waals surface area contributed by atoms with E-state index in [1.165, 1.54) is 5.56 Å². The van der Waals surface area contributed by atoms with Gasteiger partial charge in [0.2, 0.25) is 0 Å². The molecule has 0 radical (unpaired) electrons. The SMILES string of the molecule is O=Cc1ccc(CSc2cccc(Cl)c2)cc1. The van der Waals surface area contributed by atoms with E-state index in [2.05, 4.69) is 0 Å². The molecule has 0 aliphatic carbocycles. The van der Waals surface area contributed by atoms with Crippen molar-refractivity contribution in [3.63, 3.8) is 0 Å². The van der Waals surface area contributed by atoms with E-state index < -0.39 is 0 Å². The fraction of sp³-hybridized carbons (Fsp3) is 0.0714. The fourth-order valence-electron chi connectivity index (χ4n) is 1.42. The summed E-state index contributed by atoms with van der Waals surface area (Å²) in [7, 11) is 0. The molecule has 0 amide bonds. The average molecular weight is 263 g/mol. The molecule has 3 heteroatoms. The molecule has 1 nitrogen and oxygen atoms in total. The van der Waals surface area contributed by atoms with E-state index >= 15 is 0 Å². The van der Waals surface area contributed by atoms with Crippen molar-refractivity contribution < 1.29 is 4.79 Å². The van der Waals surface area contributed by atoms with Gasteiger partial charge >= 0.3 is 0 Å². The zero-order valence-electron chi connectivity index (χ0n) is 9.10. The van der Waals surface area contributed by atoms with Crippen molar-refractivity contribution in [2.45, 2.75) is 10.6 Å². The first kappa shape index (κ1) is 12.2. The lowest BCUT2D eigenvalue weighted by molar-refractivity contribution is 0.112. The lowest BCUT2D eigenvalue weighted by atomic mass is 10.2. The monoisotopic (exact) mass is 262 g/mol. The van der Waals surface area contributed by atoms with Gasteiger partial charge in [0.25, 0.3) is 0 Å². The highest BCUT2D eigenvalue weighted by molar-refractivity contribution is 7.98. The molecule has 2 aromatic rings. The van der Waals surface area contributed by atoms with E-state index in [0.717, 1.165) is 22.0 Å². The second kappa shape index (κ2) is 5.89. The van der Waals surface area contributed by atoms with Crippen molar-refractivity contribution in [1.29, 1.82) is 0 Å². The summed E-state index contributed by atoms with van der Waals surface area (Å²) in [5.41, 5.74) is 1.90. The topological polar surface area (TPSA) is 17.1 Å². The number of carbonyl (C=O) groups excluding carboxylic acids is 1. The molecule has 0 heterocycles. The van der Waals surface area contributed by atoms with E-state index in [-0.39, 0.29) is 0 Å². The second-order valence-corrected chi connectivity index (χ2v) is 5.09. The first-order valence-electron chi connectivity index (χ1n) is 5.20. The van der Waals surface area contributed by atoms with E-state index in [9.17, 15) is 4.79 Å². The van der Waals surface area contributed by atoms with Crippen LogP contribution in [0.15, 0.2) is 53.4 Å². The van der Waals surface area contributed by atoms with Crippen molar-refractivity contribution in [1.82, 2.24) is 0 Å². The van der Waals surface area contributed by atoms with Gasteiger partial charge < -0.3 is 0 Å². The van der Waals surface area contributed by atoms with Crippen LogP contribution in [-0.4, -0.2) is 6.29 Å². The molecule has 2 rings (SSSR count). The molecule has 2 aromatic carbocycles. The van der Waals surface area contributed by atoms with Crippen molar-refractivity contribution in [3.8, 4) is 0 Å². The second-order valence-electron chi connectivity index (χ2n) is 3.61. The Morgan fingerprint density at radius 2 is 1.88 bits per heavy atom. The zero-order valence-corrected chi connectivity index (χ0v) is 10.7. The number of aldehydes is 1. The number of benzene rings is 2. The summed E-state index contributed by atoms with van der Waals surface area (Å²) >= 11 is 7.64. The van der Waals surface area contributed by atoms with Gasteiger partial charge in [-0.2, -0.15) is 0 Å². The largest absolute Gasteiger partial charge is 0.298 e. The van der Waals surface area contributed by atoms with Crippen molar-refractivity contribution in [3.05, 3.63) is 64.7 Å². The quantitative estimate of drug-likeness (QED) is 0.598. The van der Waals surface area contributed by atoms with E-state index in [1.54, 1.807) is 11.8 Å². The maximum absolute atomic E-state index is 10.5. The van der Waals surface area contributed by atoms with Crippen LogP contribution in [0.5, 0.6) is 0 Å². The van der Waals surface area contributed by atoms with Crippen molar-refractivity contribution >= 4 is 29.6 Å². The van der Waals surface area contributed by atoms with Crippen molar-refractivity contribution in [2.24, 2.45) is 0 Å². The molecule has 86 valence electrons. The Morgan fingerprint density at radius 3 is 2.53 bits per heavy atom. The maximum atomic E-state index is 10.5. The smallest absolute Gasteiger partial charge is 0.150 e. The minimum Gasteiger partial charge on any atom is -0.298 e. The van der Waals surface area contributed by atoms with E-state index in [4.69, 9.17) is 11.6 Å². The molecule has 0 fully saturated rings. The van der Waals surface area contributed by atoms with Crippen LogP contribution in [0.1, 0.15) is 15.9 Å². The molecule has 0 N–H and O–H groups in total. The van der Waals surface area contributed by atoms with Gasteiger partial charge in [0, 0.05) is 21.2 Å². The Bertz CT molecular complexity index is 508. The highest BCUT2D eigenvalue weighted by Crippen LogP contribution is 2.25. The standard InChI is InChI=1S/C14H11ClOS/c15-13-2-1-3-14(8-13)17-10-12-6-4-11(9-16)5-7-12/h1-9H,10H2. The lowest BCUT2D eigenvalue weighted by Crippen LogP contribution is -1.83. The van der Waals surface area contributed by atoms with E-state index in [1.807, 2.05) is 48.5 Å². The van der Waals surface area contributed by atoms with Crippen LogP contribution in [0.4, 0.5) is 0 Å². The number of hydrogen-bond donors (Lipinski definition) is 0. The molecule has 17 heavy (non-hydrogen) atoms. The average Bonchev–Trinajstić information content (AvgIpc) is 2.37. The van der Waals surface area contributed by atoms with Crippen molar-refractivity contribution in [2.75, 3.05) is 0 Å². The maximum Gasteiger partial charge on any atom is 0.150 e. The molecule has 0 saturated carbocycles. The number of carbonyl (C=O) groups is 1. The van der Waals surface area contributed by atoms with Gasteiger partial charge in [-0.1, -0.05) is 41.9 Å². The number of rotatable bonds is 4. The molecule has 0 atom stereocenters. The van der Waals surface area contributed by atoms with Crippen LogP contribution in [0.2, 0.25) is 5.02 Å². The summed E-state index contributed by atoms with van der Waals surface area (Å²) in [5, 5.41) is 0.756. The summed E-state index contributed by atoms with van der Waals surface area (Å²) in [6, 6.07) is 15.4. The summed E-state index contributed by atoms with van der Waals surface area (Å²) in [4.78, 5) is 11.7. The third-order valence-corrected chi connectivity index (χ3v) is 3.62. The van der Waals surface area contributed by atoms with Gasteiger partial charge in [0.15, 0.2) is 0 Å². The molecule has 0 aromatic heterocycles. The van der Waals surface area contributed by atoms with Gasteiger partial charge in [-0.15, -0.1) is 11.8 Å². The molecular weight excluding hydrogens is 252 g/mol. The third-order valence-electron chi connectivity index (χ3n) is 2.32. The van der Waals surface area contributed by atoms with Gasteiger partial charge in [-0.25, -0.2) is 0 Å². The number of thioether (sulfide) groups is 1. The molecule has 0 aliphatic rings. The Kier molecular flexibility index (Phi) is 4.24. The van der Waals surface area contributed by atoms with Crippen LogP contribution < -0.4 is 0 Å². The molecule has 0 aliphatic heterocycles. The van der Waals surface area contributed by atoms with E-state index in [0.29, 0.717) is 5.56 Å². The summed E-state index contributed by atoms with van der Waals surface area (Å²) in [6.45, 7) is 0. The van der Waals surface area contributed by atoms with Crippen LogP contribution in [0.25, 0.3) is 0 Å². The Morgan fingerprint density at radius 1 is 1.12 bits per heavy atom. The summed E-state index contributed by atoms with van der Waals surface area (Å²) < 4.78 is 0. The normalized spacial score (nSPS) is 10.2. The highest BCUT2D eigenvalue weighted by atomic mass is 35.5. The van der Waals surface area contributed by atoms with Gasteiger partial charge in [-0.05, 0) is 23.8 Å². The van der Waals surface area contributed by atoms with Crippen LogP contribution in [0.3, 0.4) is 0 Å². The molecule has 0 spiro atoms. The van der Waals surface area contributed by atoms with Crippen LogP contribution >= 0.6 is 23.4 Å². The Balaban J connectivity index is 1.99. The zero-order chi connectivity index (χ0) is 12.1. The third kappa shape index (κ3) is 3.62. The molecule has 0 unspecified atom stereocenters. The first-order chi connectivity index (χ1) is 8.28. The molecule has 0 saturated heterocycles. The summed E-state index contributed by atoms with van der Waals surface area (Å²) in [5.74, 6) is 0.874. The molecular formula is C14H11ClOS. The predicted octanol–water partition coefficient (Wildman–Crippen LogP) is 4.44. The summed E-state index contributed by atoms with van der Waals surface area (Å²) in [6.07, 6.45) is 0.855. The van der Waals surface area contributed by atoms with Crippen LogP contribution in [-0.2, 0) is 5.75 Å². The molecule has 0 bridgehead atoms. The Labute approximate surface area is 110 Å².